The zero-order valence-corrected chi connectivity index (χ0v) is 11.3. The van der Waals surface area contributed by atoms with Crippen LogP contribution in [0.25, 0.3) is 0 Å². The predicted molar refractivity (Wildman–Crippen MR) is 70.6 cm³/mol. The van der Waals surface area contributed by atoms with E-state index in [2.05, 4.69) is 5.32 Å². The van der Waals surface area contributed by atoms with Crippen LogP contribution in [0.1, 0.15) is 40.3 Å². The molecule has 0 aliphatic carbocycles. The van der Waals surface area contributed by atoms with E-state index in [1.165, 1.54) is 17.4 Å². The lowest BCUT2D eigenvalue weighted by atomic mass is 10.0. The highest BCUT2D eigenvalue weighted by atomic mass is 32.1. The number of rotatable bonds is 6. The molecule has 0 aliphatic heterocycles. The summed E-state index contributed by atoms with van der Waals surface area (Å²) in [7, 11) is 0. The molecule has 0 saturated heterocycles. The van der Waals surface area contributed by atoms with Gasteiger partial charge in [-0.3, -0.25) is 9.59 Å². The summed E-state index contributed by atoms with van der Waals surface area (Å²) >= 11 is 1.18. The summed E-state index contributed by atoms with van der Waals surface area (Å²) in [5.41, 5.74) is 5.47. The van der Waals surface area contributed by atoms with Gasteiger partial charge in [0.15, 0.2) is 0 Å². The van der Waals surface area contributed by atoms with Crippen molar-refractivity contribution in [2.45, 2.75) is 26.3 Å². The van der Waals surface area contributed by atoms with Crippen molar-refractivity contribution in [2.24, 2.45) is 11.7 Å². The number of primary amides is 1. The number of thiophene rings is 1. The second kappa shape index (κ2) is 6.51. The third kappa shape index (κ3) is 3.82. The van der Waals surface area contributed by atoms with E-state index in [4.69, 9.17) is 10.8 Å². The highest BCUT2D eigenvalue weighted by Gasteiger charge is 2.18. The molecule has 1 aromatic heterocycles. The molecule has 0 bridgehead atoms. The molecule has 0 spiro atoms. The van der Waals surface area contributed by atoms with E-state index >= 15 is 0 Å². The van der Waals surface area contributed by atoms with E-state index in [0.717, 1.165) is 0 Å². The van der Waals surface area contributed by atoms with Crippen LogP contribution in [0.15, 0.2) is 11.4 Å². The summed E-state index contributed by atoms with van der Waals surface area (Å²) in [6.45, 7) is 3.98. The van der Waals surface area contributed by atoms with Crippen LogP contribution in [-0.4, -0.2) is 29.6 Å². The van der Waals surface area contributed by atoms with Crippen molar-refractivity contribution in [1.29, 1.82) is 0 Å². The monoisotopic (exact) mass is 270 g/mol. The standard InChI is InChI=1S/C12H18N2O3S/c1-7(2)9(3-4-15)14-12(17)10-5-8(6-18-10)11(13)16/h5-7,9,15H,3-4H2,1-2H3,(H2,13,16)(H,14,17). The molecule has 6 heteroatoms. The molecule has 1 unspecified atom stereocenters. The van der Waals surface area contributed by atoms with E-state index < -0.39 is 5.91 Å². The molecule has 0 fully saturated rings. The van der Waals surface area contributed by atoms with Gasteiger partial charge in [0.1, 0.15) is 0 Å². The Hall–Kier alpha value is -1.40. The van der Waals surface area contributed by atoms with Gasteiger partial charge in [0.2, 0.25) is 5.91 Å². The van der Waals surface area contributed by atoms with Gasteiger partial charge in [-0.2, -0.15) is 0 Å². The topological polar surface area (TPSA) is 92.4 Å². The van der Waals surface area contributed by atoms with Crippen LogP contribution in [0.4, 0.5) is 0 Å². The molecule has 1 heterocycles. The molecule has 1 atom stereocenters. The highest BCUT2D eigenvalue weighted by molar-refractivity contribution is 7.12. The van der Waals surface area contributed by atoms with Crippen molar-refractivity contribution in [3.63, 3.8) is 0 Å². The van der Waals surface area contributed by atoms with Gasteiger partial charge in [-0.15, -0.1) is 11.3 Å². The first-order valence-corrected chi connectivity index (χ1v) is 6.63. The van der Waals surface area contributed by atoms with Gasteiger partial charge in [-0.05, 0) is 18.4 Å². The molecule has 1 aromatic rings. The fourth-order valence-electron chi connectivity index (χ4n) is 1.54. The van der Waals surface area contributed by atoms with Crippen molar-refractivity contribution < 1.29 is 14.7 Å². The first-order valence-electron chi connectivity index (χ1n) is 5.75. The minimum absolute atomic E-state index is 0.0279. The molecular formula is C12H18N2O3S. The van der Waals surface area contributed by atoms with Crippen molar-refractivity contribution in [2.75, 3.05) is 6.61 Å². The molecule has 0 radical (unpaired) electrons. The van der Waals surface area contributed by atoms with E-state index in [1.54, 1.807) is 5.38 Å². The number of nitrogens with one attached hydrogen (secondary N) is 1. The van der Waals surface area contributed by atoms with E-state index in [9.17, 15) is 9.59 Å². The summed E-state index contributed by atoms with van der Waals surface area (Å²) in [4.78, 5) is 23.3. The molecule has 0 saturated carbocycles. The lowest BCUT2D eigenvalue weighted by Gasteiger charge is -2.21. The lowest BCUT2D eigenvalue weighted by Crippen LogP contribution is -2.38. The first kappa shape index (κ1) is 14.7. The molecular weight excluding hydrogens is 252 g/mol. The molecule has 1 rings (SSSR count). The fraction of sp³-hybridized carbons (Fsp3) is 0.500. The maximum atomic E-state index is 11.9. The number of hydrogen-bond acceptors (Lipinski definition) is 4. The Morgan fingerprint density at radius 1 is 1.50 bits per heavy atom. The van der Waals surface area contributed by atoms with Crippen molar-refractivity contribution >= 4 is 23.2 Å². The smallest absolute Gasteiger partial charge is 0.261 e. The Morgan fingerprint density at radius 3 is 2.61 bits per heavy atom. The molecule has 4 N–H and O–H groups in total. The summed E-state index contributed by atoms with van der Waals surface area (Å²) in [6.07, 6.45) is 0.511. The maximum Gasteiger partial charge on any atom is 0.261 e. The number of hydrogen-bond donors (Lipinski definition) is 3. The highest BCUT2D eigenvalue weighted by Crippen LogP contribution is 2.15. The summed E-state index contributed by atoms with van der Waals surface area (Å²) in [5.74, 6) is -0.544. The van der Waals surface area contributed by atoms with Gasteiger partial charge in [-0.1, -0.05) is 13.8 Å². The van der Waals surface area contributed by atoms with E-state index in [0.29, 0.717) is 16.9 Å². The maximum absolute atomic E-state index is 11.9. The van der Waals surface area contributed by atoms with Crippen LogP contribution in [0.5, 0.6) is 0 Å². The van der Waals surface area contributed by atoms with Gasteiger partial charge in [-0.25, -0.2) is 0 Å². The minimum Gasteiger partial charge on any atom is -0.396 e. The summed E-state index contributed by atoms with van der Waals surface area (Å²) in [6, 6.07) is 1.40. The molecule has 0 aliphatic rings. The number of carbonyl (C=O) groups is 2. The molecule has 100 valence electrons. The predicted octanol–water partition coefficient (Wildman–Crippen LogP) is 0.984. The third-order valence-electron chi connectivity index (χ3n) is 2.67. The van der Waals surface area contributed by atoms with Crippen LogP contribution < -0.4 is 11.1 Å². The number of amides is 2. The van der Waals surface area contributed by atoms with Crippen LogP contribution in [0, 0.1) is 5.92 Å². The second-order valence-electron chi connectivity index (χ2n) is 4.40. The Morgan fingerprint density at radius 2 is 2.17 bits per heavy atom. The fourth-order valence-corrected chi connectivity index (χ4v) is 2.33. The SMILES string of the molecule is CC(C)C(CCO)NC(=O)c1cc(C(N)=O)cs1. The zero-order valence-electron chi connectivity index (χ0n) is 10.5. The van der Waals surface area contributed by atoms with Crippen LogP contribution in [0.2, 0.25) is 0 Å². The average molecular weight is 270 g/mol. The lowest BCUT2D eigenvalue weighted by molar-refractivity contribution is 0.0920. The molecule has 2 amide bonds. The minimum atomic E-state index is -0.541. The van der Waals surface area contributed by atoms with Crippen LogP contribution >= 0.6 is 11.3 Å². The normalized spacial score (nSPS) is 12.4. The van der Waals surface area contributed by atoms with Crippen molar-refractivity contribution in [3.8, 4) is 0 Å². The molecule has 5 nitrogen and oxygen atoms in total. The van der Waals surface area contributed by atoms with E-state index in [1.807, 2.05) is 13.8 Å². The summed E-state index contributed by atoms with van der Waals surface area (Å²) in [5, 5.41) is 13.3. The number of nitrogens with two attached hydrogens (primary N) is 1. The number of aliphatic hydroxyl groups is 1. The molecule has 18 heavy (non-hydrogen) atoms. The van der Waals surface area contributed by atoms with Gasteiger partial charge in [0.05, 0.1) is 10.4 Å². The van der Waals surface area contributed by atoms with Crippen LogP contribution in [0.3, 0.4) is 0 Å². The van der Waals surface area contributed by atoms with Crippen molar-refractivity contribution in [3.05, 3.63) is 21.9 Å². The van der Waals surface area contributed by atoms with Gasteiger partial charge >= 0.3 is 0 Å². The van der Waals surface area contributed by atoms with Crippen molar-refractivity contribution in [1.82, 2.24) is 5.32 Å². The molecule has 0 aromatic carbocycles. The Bertz CT molecular complexity index is 429. The van der Waals surface area contributed by atoms with E-state index in [-0.39, 0.29) is 24.5 Å². The largest absolute Gasteiger partial charge is 0.396 e. The second-order valence-corrected chi connectivity index (χ2v) is 5.31. The van der Waals surface area contributed by atoms with Gasteiger partial charge < -0.3 is 16.2 Å². The number of carbonyl (C=O) groups excluding carboxylic acids is 2. The third-order valence-corrected chi connectivity index (χ3v) is 3.60. The quantitative estimate of drug-likeness (QED) is 0.719. The van der Waals surface area contributed by atoms with Gasteiger partial charge in [0, 0.05) is 18.0 Å². The Balaban J connectivity index is 2.71. The zero-order chi connectivity index (χ0) is 13.7. The van der Waals surface area contributed by atoms with Gasteiger partial charge in [0.25, 0.3) is 5.91 Å². The average Bonchev–Trinajstić information content (AvgIpc) is 2.77. The first-order chi connectivity index (χ1) is 8.45. The number of aliphatic hydroxyl groups excluding tert-OH is 1. The van der Waals surface area contributed by atoms with Crippen LogP contribution in [-0.2, 0) is 0 Å². The summed E-state index contributed by atoms with van der Waals surface area (Å²) < 4.78 is 0. The Kier molecular flexibility index (Phi) is 5.30. The Labute approximate surface area is 110 Å².